The Morgan fingerprint density at radius 2 is 1.96 bits per heavy atom. The van der Waals surface area contributed by atoms with E-state index < -0.39 is 11.7 Å². The normalized spacial score (nSPS) is 27.4. The summed E-state index contributed by atoms with van der Waals surface area (Å²) in [7, 11) is 0. The minimum Gasteiger partial charge on any atom is -0.381 e. The van der Waals surface area contributed by atoms with E-state index >= 15 is 0 Å². The molecule has 0 spiro atoms. The van der Waals surface area contributed by atoms with E-state index in [-0.39, 0.29) is 28.3 Å². The number of rotatable bonds is 4. The summed E-state index contributed by atoms with van der Waals surface area (Å²) >= 11 is 4.31. The molecule has 3 rings (SSSR count). The second-order valence-electron chi connectivity index (χ2n) is 6.57. The molecule has 142 valence electrons. The third-order valence-corrected chi connectivity index (χ3v) is 6.52. The van der Waals surface area contributed by atoms with Gasteiger partial charge in [0.2, 0.25) is 0 Å². The van der Waals surface area contributed by atoms with E-state index in [4.69, 9.17) is 9.47 Å². The molecule has 0 aromatic heterocycles. The van der Waals surface area contributed by atoms with Gasteiger partial charge < -0.3 is 9.47 Å². The van der Waals surface area contributed by atoms with Crippen molar-refractivity contribution in [3.05, 3.63) is 28.2 Å². The fourth-order valence-electron chi connectivity index (χ4n) is 3.40. The van der Waals surface area contributed by atoms with Crippen LogP contribution in [0.4, 0.5) is 13.2 Å². The minimum atomic E-state index is -4.41. The van der Waals surface area contributed by atoms with Crippen LogP contribution in [0.25, 0.3) is 0 Å². The van der Waals surface area contributed by atoms with Gasteiger partial charge in [-0.3, -0.25) is 0 Å². The number of hydrogen-bond donors (Lipinski definition) is 0. The number of benzene rings is 1. The van der Waals surface area contributed by atoms with Gasteiger partial charge in [0.05, 0.1) is 29.8 Å². The van der Waals surface area contributed by atoms with E-state index in [1.165, 1.54) is 17.8 Å². The summed E-state index contributed by atoms with van der Waals surface area (Å²) in [5, 5.41) is 9.36. The van der Waals surface area contributed by atoms with Crippen molar-refractivity contribution in [2.45, 2.75) is 54.2 Å². The molecule has 0 unspecified atom stereocenters. The first-order valence-corrected chi connectivity index (χ1v) is 10.2. The third-order valence-electron chi connectivity index (χ3n) is 4.70. The molecule has 1 aliphatic carbocycles. The van der Waals surface area contributed by atoms with Crippen LogP contribution in [0, 0.1) is 17.2 Å². The second-order valence-corrected chi connectivity index (χ2v) is 8.83. The number of nitrogens with zero attached hydrogens (tertiary/aromatic N) is 1. The predicted molar refractivity (Wildman–Crippen MR) is 95.8 cm³/mol. The average Bonchev–Trinajstić information content (AvgIpc) is 2.98. The van der Waals surface area contributed by atoms with E-state index in [9.17, 15) is 18.4 Å². The van der Waals surface area contributed by atoms with Crippen molar-refractivity contribution in [2.75, 3.05) is 13.2 Å². The average molecular weight is 450 g/mol. The zero-order chi connectivity index (χ0) is 18.7. The molecule has 0 bridgehead atoms. The van der Waals surface area contributed by atoms with Gasteiger partial charge in [0, 0.05) is 27.8 Å². The van der Waals surface area contributed by atoms with E-state index in [2.05, 4.69) is 22.0 Å². The Balaban J connectivity index is 1.68. The summed E-state index contributed by atoms with van der Waals surface area (Å²) < 4.78 is 51.7. The van der Waals surface area contributed by atoms with Gasteiger partial charge in [-0.25, -0.2) is 0 Å². The smallest absolute Gasteiger partial charge is 0.381 e. The van der Waals surface area contributed by atoms with Crippen molar-refractivity contribution >= 4 is 27.7 Å². The molecule has 2 fully saturated rings. The quantitative estimate of drug-likeness (QED) is 0.614. The molecular weight excluding hydrogens is 431 g/mol. The minimum absolute atomic E-state index is 0.0632. The van der Waals surface area contributed by atoms with Crippen molar-refractivity contribution in [1.29, 1.82) is 5.26 Å². The number of halogens is 4. The van der Waals surface area contributed by atoms with Crippen LogP contribution in [0.1, 0.15) is 31.2 Å². The Labute approximate surface area is 163 Å². The molecule has 2 aliphatic rings. The van der Waals surface area contributed by atoms with Gasteiger partial charge >= 0.3 is 6.18 Å². The maximum absolute atomic E-state index is 13.3. The molecule has 1 aliphatic heterocycles. The molecule has 3 atom stereocenters. The molecular formula is C18H19BrF3NO2S. The molecule has 1 saturated heterocycles. The Hall–Kier alpha value is -0.750. The van der Waals surface area contributed by atoms with E-state index in [0.29, 0.717) is 30.5 Å². The maximum Gasteiger partial charge on any atom is 0.417 e. The van der Waals surface area contributed by atoms with Crippen molar-refractivity contribution < 1.29 is 22.6 Å². The standard InChI is InChI=1S/C18H19BrF3NO2S/c19-12-1-2-17(15(8-12)18(20,21)22)26-14-7-11(10-23)16(9-14)25-13-3-5-24-6-4-13/h1-2,8,11,13-14,16H,3-7,9H2/t11-,14+,16+/m1/s1. The molecule has 26 heavy (non-hydrogen) atoms. The first-order chi connectivity index (χ1) is 12.4. The molecule has 8 heteroatoms. The summed E-state index contributed by atoms with van der Waals surface area (Å²) in [6.07, 6.45) is -1.81. The van der Waals surface area contributed by atoms with Crippen LogP contribution in [-0.2, 0) is 15.7 Å². The highest BCUT2D eigenvalue weighted by Crippen LogP contribution is 2.45. The Kier molecular flexibility index (Phi) is 6.54. The van der Waals surface area contributed by atoms with Gasteiger partial charge in [0.15, 0.2) is 0 Å². The summed E-state index contributed by atoms with van der Waals surface area (Å²) in [6, 6.07) is 6.49. The van der Waals surface area contributed by atoms with Crippen molar-refractivity contribution in [3.63, 3.8) is 0 Å². The van der Waals surface area contributed by atoms with Crippen LogP contribution in [0.2, 0.25) is 0 Å². The molecule has 0 N–H and O–H groups in total. The van der Waals surface area contributed by atoms with Crippen LogP contribution < -0.4 is 0 Å². The van der Waals surface area contributed by atoms with Crippen LogP contribution >= 0.6 is 27.7 Å². The summed E-state index contributed by atoms with van der Waals surface area (Å²) in [4.78, 5) is 0.203. The lowest BCUT2D eigenvalue weighted by molar-refractivity contribution is -0.139. The SMILES string of the molecule is N#C[C@H]1C[C@H](Sc2ccc(Br)cc2C(F)(F)F)C[C@@H]1OC1CCOCC1. The van der Waals surface area contributed by atoms with E-state index in [1.807, 2.05) is 0 Å². The highest BCUT2D eigenvalue weighted by molar-refractivity contribution is 9.10. The first kappa shape index (κ1) is 20.0. The second kappa shape index (κ2) is 8.51. The van der Waals surface area contributed by atoms with Crippen LogP contribution in [0.3, 0.4) is 0 Å². The lowest BCUT2D eigenvalue weighted by Crippen LogP contribution is -2.30. The molecule has 1 aromatic rings. The van der Waals surface area contributed by atoms with Crippen LogP contribution in [-0.4, -0.2) is 30.7 Å². The maximum atomic E-state index is 13.3. The summed E-state index contributed by atoms with van der Waals surface area (Å²) in [5.74, 6) is -0.278. The fraction of sp³-hybridized carbons (Fsp3) is 0.611. The zero-order valence-electron chi connectivity index (χ0n) is 14.0. The highest BCUT2D eigenvalue weighted by Gasteiger charge is 2.39. The van der Waals surface area contributed by atoms with Gasteiger partial charge in [-0.15, -0.1) is 11.8 Å². The Morgan fingerprint density at radius 3 is 2.62 bits per heavy atom. The molecule has 1 aromatic carbocycles. The van der Waals surface area contributed by atoms with E-state index in [0.717, 1.165) is 18.9 Å². The van der Waals surface area contributed by atoms with Crippen molar-refractivity contribution in [2.24, 2.45) is 5.92 Å². The monoisotopic (exact) mass is 449 g/mol. The molecule has 1 heterocycles. The van der Waals surface area contributed by atoms with Crippen LogP contribution in [0.5, 0.6) is 0 Å². The third kappa shape index (κ3) is 4.94. The molecule has 3 nitrogen and oxygen atoms in total. The number of hydrogen-bond acceptors (Lipinski definition) is 4. The number of thioether (sulfide) groups is 1. The van der Waals surface area contributed by atoms with Gasteiger partial charge in [-0.05, 0) is 43.9 Å². The van der Waals surface area contributed by atoms with Gasteiger partial charge in [-0.2, -0.15) is 18.4 Å². The lowest BCUT2D eigenvalue weighted by atomic mass is 10.1. The van der Waals surface area contributed by atoms with Gasteiger partial charge in [-0.1, -0.05) is 15.9 Å². The van der Waals surface area contributed by atoms with E-state index in [1.54, 1.807) is 6.07 Å². The highest BCUT2D eigenvalue weighted by atomic mass is 79.9. The van der Waals surface area contributed by atoms with Gasteiger partial charge in [0.25, 0.3) is 0 Å². The largest absolute Gasteiger partial charge is 0.417 e. The fourth-order valence-corrected chi connectivity index (χ4v) is 5.16. The van der Waals surface area contributed by atoms with Crippen LogP contribution in [0.15, 0.2) is 27.6 Å². The number of ether oxygens (including phenoxy) is 2. The lowest BCUT2D eigenvalue weighted by Gasteiger charge is -2.27. The zero-order valence-corrected chi connectivity index (χ0v) is 16.4. The topological polar surface area (TPSA) is 42.2 Å². The van der Waals surface area contributed by atoms with Crippen molar-refractivity contribution in [1.82, 2.24) is 0 Å². The number of nitriles is 1. The molecule has 1 saturated carbocycles. The predicted octanol–water partition coefficient (Wildman–Crippen LogP) is 5.43. The Bertz CT molecular complexity index is 673. The molecule has 0 radical (unpaired) electrons. The van der Waals surface area contributed by atoms with Gasteiger partial charge in [0.1, 0.15) is 0 Å². The number of alkyl halides is 3. The first-order valence-electron chi connectivity index (χ1n) is 8.53. The summed E-state index contributed by atoms with van der Waals surface area (Å²) in [6.45, 7) is 1.31. The Morgan fingerprint density at radius 1 is 1.23 bits per heavy atom. The summed E-state index contributed by atoms with van der Waals surface area (Å²) in [5.41, 5.74) is -0.640. The molecule has 0 amide bonds. The van der Waals surface area contributed by atoms with Crippen molar-refractivity contribution in [3.8, 4) is 6.07 Å².